The Balaban J connectivity index is 1.53. The number of rotatable bonds is 7. The van der Waals surface area contributed by atoms with Gasteiger partial charge in [0.2, 0.25) is 0 Å². The zero-order valence-electron chi connectivity index (χ0n) is 17.9. The first kappa shape index (κ1) is 24.0. The number of sulfonamides is 1. The van der Waals surface area contributed by atoms with Gasteiger partial charge in [-0.15, -0.1) is 0 Å². The number of hydrogen-bond acceptors (Lipinski definition) is 7. The van der Waals surface area contributed by atoms with Crippen molar-refractivity contribution in [2.24, 2.45) is 0 Å². The van der Waals surface area contributed by atoms with E-state index in [1.165, 1.54) is 28.7 Å². The Hall–Kier alpha value is -3.14. The van der Waals surface area contributed by atoms with E-state index in [0.717, 1.165) is 12.8 Å². The molecule has 10 nitrogen and oxygen atoms in total. The summed E-state index contributed by atoms with van der Waals surface area (Å²) < 4.78 is 27.3. The van der Waals surface area contributed by atoms with Gasteiger partial charge in [-0.3, -0.25) is 0 Å². The van der Waals surface area contributed by atoms with Crippen molar-refractivity contribution in [1.82, 2.24) is 19.6 Å². The van der Waals surface area contributed by atoms with Gasteiger partial charge < -0.3 is 0 Å². The van der Waals surface area contributed by atoms with Crippen LogP contribution in [0.5, 0.6) is 0 Å². The van der Waals surface area contributed by atoms with E-state index < -0.39 is 20.9 Å². The first-order valence-electron chi connectivity index (χ1n) is 10.4. The van der Waals surface area contributed by atoms with Crippen molar-refractivity contribution in [3.8, 4) is 11.3 Å². The molecule has 1 N–H and O–H groups in total. The fourth-order valence-corrected chi connectivity index (χ4v) is 5.60. The van der Waals surface area contributed by atoms with Crippen LogP contribution in [-0.4, -0.2) is 63.5 Å². The van der Waals surface area contributed by atoms with Gasteiger partial charge in [0.05, 0.1) is 0 Å². The van der Waals surface area contributed by atoms with E-state index in [0.29, 0.717) is 34.4 Å². The number of amides is 1. The number of benzene rings is 2. The molecule has 0 bridgehead atoms. The average molecular weight is 541 g/mol. The second-order valence-electron chi connectivity index (χ2n) is 7.63. The summed E-state index contributed by atoms with van der Waals surface area (Å²) in [6.45, 7) is 1.00. The number of aromatic nitrogens is 2. The summed E-state index contributed by atoms with van der Waals surface area (Å²) in [7, 11) is -3.53. The molecule has 0 unspecified atom stereocenters. The molecular formula is C22H20AsN5O5S. The van der Waals surface area contributed by atoms with Gasteiger partial charge in [-0.05, 0) is 0 Å². The number of hydrogen-bond donors (Lipinski definition) is 1. The molecule has 1 aromatic heterocycles. The molecule has 12 heteroatoms. The van der Waals surface area contributed by atoms with Crippen LogP contribution >= 0.6 is 0 Å². The van der Waals surface area contributed by atoms with Gasteiger partial charge in [0.1, 0.15) is 0 Å². The maximum absolute atomic E-state index is 12.8. The molecule has 174 valence electrons. The van der Waals surface area contributed by atoms with Crippen molar-refractivity contribution in [2.75, 3.05) is 13.1 Å². The number of nitrogens with zero attached hydrogens (tertiary/aromatic N) is 4. The van der Waals surface area contributed by atoms with Gasteiger partial charge in [-0.1, -0.05) is 0 Å². The molecule has 1 amide bonds. The molecule has 0 saturated carbocycles. The number of carbonyl (C=O) groups is 1. The van der Waals surface area contributed by atoms with Crippen LogP contribution in [-0.2, 0) is 16.6 Å². The third-order valence-corrected chi connectivity index (χ3v) is 8.05. The van der Waals surface area contributed by atoms with Crippen LogP contribution in [0.2, 0.25) is 0 Å². The summed E-state index contributed by atoms with van der Waals surface area (Å²) in [5, 5.41) is 13.8. The molecule has 2 aromatic carbocycles. The Bertz CT molecular complexity index is 1340. The van der Waals surface area contributed by atoms with E-state index in [1.807, 2.05) is 0 Å². The SMILES string of the molecule is O=C(NCc1ccccc1[N+](=O)[O-])c1nc(-c2ccc(S(=O)(=O)N3CCCC3)cc2)cnc1[As]. The van der Waals surface area contributed by atoms with E-state index in [9.17, 15) is 23.3 Å². The summed E-state index contributed by atoms with van der Waals surface area (Å²) >= 11 is 2.17. The van der Waals surface area contributed by atoms with E-state index >= 15 is 0 Å². The van der Waals surface area contributed by atoms with Gasteiger partial charge in [0.25, 0.3) is 0 Å². The van der Waals surface area contributed by atoms with Crippen molar-refractivity contribution in [3.63, 3.8) is 0 Å². The first-order valence-corrected chi connectivity index (χ1v) is 12.8. The summed E-state index contributed by atoms with van der Waals surface area (Å²) in [4.78, 5) is 32.3. The van der Waals surface area contributed by atoms with Crippen LogP contribution in [0.1, 0.15) is 28.9 Å². The van der Waals surface area contributed by atoms with Gasteiger partial charge >= 0.3 is 205 Å². The normalized spacial score (nSPS) is 14.1. The summed E-state index contributed by atoms with van der Waals surface area (Å²) in [5.74, 6) is -0.531. The Morgan fingerprint density at radius 1 is 1.12 bits per heavy atom. The number of carbonyl (C=O) groups excluding carboxylic acids is 1. The number of nitro benzene ring substituents is 1. The second-order valence-corrected chi connectivity index (χ2v) is 10.5. The van der Waals surface area contributed by atoms with Crippen LogP contribution in [0, 0.1) is 10.1 Å². The second kappa shape index (κ2) is 10.0. The molecule has 0 spiro atoms. The molecule has 0 aliphatic carbocycles. The maximum atomic E-state index is 12.8. The number of para-hydroxylation sites is 1. The van der Waals surface area contributed by atoms with Crippen molar-refractivity contribution < 1.29 is 18.1 Å². The fourth-order valence-electron chi connectivity index (χ4n) is 3.65. The molecule has 1 aliphatic rings. The van der Waals surface area contributed by atoms with Crippen molar-refractivity contribution >= 4 is 43.0 Å². The van der Waals surface area contributed by atoms with Crippen LogP contribution in [0.3, 0.4) is 0 Å². The van der Waals surface area contributed by atoms with E-state index in [1.54, 1.807) is 30.3 Å². The monoisotopic (exact) mass is 541 g/mol. The standard InChI is InChI=1S/C22H20AsN5O5S/c23-21-20(22(29)25-13-16-5-1-2-6-19(16)28(30)31)26-18(14-24-21)15-7-9-17(10-8-15)34(32,33)27-11-3-4-12-27/h1-2,5-10,14H,3-4,11-13H2,(H,25,29). The Morgan fingerprint density at radius 2 is 1.79 bits per heavy atom. The third kappa shape index (κ3) is 5.01. The van der Waals surface area contributed by atoms with Gasteiger partial charge in [0.15, 0.2) is 0 Å². The first-order chi connectivity index (χ1) is 16.3. The molecule has 2 heterocycles. The predicted molar refractivity (Wildman–Crippen MR) is 125 cm³/mol. The summed E-state index contributed by atoms with van der Waals surface area (Å²) in [6.07, 6.45) is 3.21. The predicted octanol–water partition coefficient (Wildman–Crippen LogP) is 1.56. The fraction of sp³-hybridized carbons (Fsp3) is 0.227. The van der Waals surface area contributed by atoms with Crippen molar-refractivity contribution in [2.45, 2.75) is 24.3 Å². The Labute approximate surface area is 205 Å². The molecule has 4 rings (SSSR count). The van der Waals surface area contributed by atoms with E-state index in [2.05, 4.69) is 32.1 Å². The van der Waals surface area contributed by atoms with Crippen LogP contribution in [0.4, 0.5) is 5.69 Å². The van der Waals surface area contributed by atoms with Gasteiger partial charge in [-0.25, -0.2) is 0 Å². The molecule has 0 atom stereocenters. The summed E-state index contributed by atoms with van der Waals surface area (Å²) in [6, 6.07) is 12.5. The number of nitro groups is 1. The molecule has 34 heavy (non-hydrogen) atoms. The van der Waals surface area contributed by atoms with Crippen LogP contribution in [0.25, 0.3) is 11.3 Å². The van der Waals surface area contributed by atoms with Crippen LogP contribution in [0.15, 0.2) is 59.6 Å². The average Bonchev–Trinajstić information content (AvgIpc) is 3.39. The minimum atomic E-state index is -3.53. The Kier molecular flexibility index (Phi) is 7.06. The molecular weight excluding hydrogens is 521 g/mol. The number of nitrogens with one attached hydrogen (secondary N) is 1. The summed E-state index contributed by atoms with van der Waals surface area (Å²) in [5.41, 5.74) is 1.35. The van der Waals surface area contributed by atoms with Crippen molar-refractivity contribution in [3.05, 3.63) is 76.1 Å². The molecule has 1 saturated heterocycles. The minimum absolute atomic E-state index is 0.0443. The molecule has 1 fully saturated rings. The van der Waals surface area contributed by atoms with Crippen LogP contribution < -0.4 is 9.80 Å². The van der Waals surface area contributed by atoms with Gasteiger partial charge in [-0.2, -0.15) is 0 Å². The Morgan fingerprint density at radius 3 is 2.47 bits per heavy atom. The van der Waals surface area contributed by atoms with Gasteiger partial charge in [0, 0.05) is 0 Å². The third-order valence-electron chi connectivity index (χ3n) is 5.45. The van der Waals surface area contributed by atoms with E-state index in [4.69, 9.17) is 0 Å². The topological polar surface area (TPSA) is 135 Å². The van der Waals surface area contributed by atoms with Crippen molar-refractivity contribution in [1.29, 1.82) is 0 Å². The molecule has 2 radical (unpaired) electrons. The zero-order valence-corrected chi connectivity index (χ0v) is 20.6. The quantitative estimate of drug-likeness (QED) is 0.273. The van der Waals surface area contributed by atoms with E-state index in [-0.39, 0.29) is 22.8 Å². The zero-order chi connectivity index (χ0) is 24.3. The molecule has 1 aliphatic heterocycles. The molecule has 3 aromatic rings.